The Bertz CT molecular complexity index is 520. The Morgan fingerprint density at radius 2 is 2.00 bits per heavy atom. The van der Waals surface area contributed by atoms with Crippen molar-refractivity contribution in [3.05, 3.63) is 35.9 Å². The van der Waals surface area contributed by atoms with Gasteiger partial charge < -0.3 is 5.11 Å². The minimum atomic E-state index is -0.705. The third-order valence-electron chi connectivity index (χ3n) is 2.75. The molecule has 19 heavy (non-hydrogen) atoms. The van der Waals surface area contributed by atoms with Crippen molar-refractivity contribution in [3.8, 4) is 0 Å². The van der Waals surface area contributed by atoms with E-state index in [1.165, 1.54) is 6.33 Å². The number of hydrogen-bond acceptors (Lipinski definition) is 5. The van der Waals surface area contributed by atoms with Gasteiger partial charge in [-0.05, 0) is 12.8 Å². The molecule has 1 atom stereocenters. The van der Waals surface area contributed by atoms with Gasteiger partial charge in [0.2, 0.25) is 0 Å². The summed E-state index contributed by atoms with van der Waals surface area (Å²) in [7, 11) is 0. The van der Waals surface area contributed by atoms with Gasteiger partial charge in [-0.1, -0.05) is 13.8 Å². The zero-order valence-corrected chi connectivity index (χ0v) is 11.5. The lowest BCUT2D eigenvalue weighted by Crippen LogP contribution is -2.14. The van der Waals surface area contributed by atoms with Crippen LogP contribution in [-0.4, -0.2) is 29.8 Å². The van der Waals surface area contributed by atoms with E-state index in [4.69, 9.17) is 0 Å². The van der Waals surface area contributed by atoms with Gasteiger partial charge in [-0.15, -0.1) is 0 Å². The highest BCUT2D eigenvalue weighted by molar-refractivity contribution is 5.06. The Labute approximate surface area is 112 Å². The van der Waals surface area contributed by atoms with E-state index < -0.39 is 6.10 Å². The van der Waals surface area contributed by atoms with Gasteiger partial charge in [-0.2, -0.15) is 5.10 Å². The van der Waals surface area contributed by atoms with Gasteiger partial charge in [0.05, 0.1) is 17.6 Å². The maximum absolute atomic E-state index is 10.2. The molecule has 102 valence electrons. The molecule has 2 aromatic rings. The SMILES string of the molecule is Cc1cnc(C(O)Cc2ncnn2CC(C)C)cn1. The van der Waals surface area contributed by atoms with Gasteiger partial charge in [0, 0.05) is 19.2 Å². The molecule has 0 amide bonds. The smallest absolute Gasteiger partial charge is 0.138 e. The molecule has 6 heteroatoms. The monoisotopic (exact) mass is 261 g/mol. The normalized spacial score (nSPS) is 12.9. The van der Waals surface area contributed by atoms with Gasteiger partial charge in [-0.3, -0.25) is 9.97 Å². The average molecular weight is 261 g/mol. The molecule has 0 fully saturated rings. The first-order valence-corrected chi connectivity index (χ1v) is 6.39. The first-order valence-electron chi connectivity index (χ1n) is 6.39. The molecule has 1 unspecified atom stereocenters. The third-order valence-corrected chi connectivity index (χ3v) is 2.75. The topological polar surface area (TPSA) is 76.7 Å². The van der Waals surface area contributed by atoms with Crippen molar-refractivity contribution >= 4 is 0 Å². The number of nitrogens with zero attached hydrogens (tertiary/aromatic N) is 5. The lowest BCUT2D eigenvalue weighted by Gasteiger charge is -2.12. The molecule has 2 aromatic heterocycles. The first-order chi connectivity index (χ1) is 9.06. The fourth-order valence-electron chi connectivity index (χ4n) is 1.80. The van der Waals surface area contributed by atoms with E-state index in [1.807, 2.05) is 11.6 Å². The summed E-state index contributed by atoms with van der Waals surface area (Å²) in [5, 5.41) is 14.3. The van der Waals surface area contributed by atoms with Crippen molar-refractivity contribution in [1.82, 2.24) is 24.7 Å². The maximum Gasteiger partial charge on any atom is 0.138 e. The van der Waals surface area contributed by atoms with Crippen LogP contribution in [0, 0.1) is 12.8 Å². The molecule has 0 saturated heterocycles. The summed E-state index contributed by atoms with van der Waals surface area (Å²) in [4.78, 5) is 12.5. The van der Waals surface area contributed by atoms with Gasteiger partial charge in [-0.25, -0.2) is 9.67 Å². The quantitative estimate of drug-likeness (QED) is 0.878. The Kier molecular flexibility index (Phi) is 4.21. The third kappa shape index (κ3) is 3.57. The van der Waals surface area contributed by atoms with Gasteiger partial charge >= 0.3 is 0 Å². The highest BCUT2D eigenvalue weighted by atomic mass is 16.3. The van der Waals surface area contributed by atoms with Crippen molar-refractivity contribution in [2.24, 2.45) is 5.92 Å². The molecule has 0 saturated carbocycles. The fraction of sp³-hybridized carbons (Fsp3) is 0.538. The standard InChI is InChI=1S/C13H19N5O/c1-9(2)7-18-13(16-8-17-18)4-12(19)11-6-14-10(3)5-15-11/h5-6,8-9,12,19H,4,7H2,1-3H3. The number of aliphatic hydroxyl groups is 1. The zero-order valence-electron chi connectivity index (χ0n) is 11.5. The highest BCUT2D eigenvalue weighted by Gasteiger charge is 2.15. The second-order valence-corrected chi connectivity index (χ2v) is 5.05. The molecule has 0 aliphatic rings. The lowest BCUT2D eigenvalue weighted by molar-refractivity contribution is 0.168. The van der Waals surface area contributed by atoms with E-state index in [0.29, 0.717) is 18.0 Å². The Morgan fingerprint density at radius 3 is 2.63 bits per heavy atom. The number of rotatable bonds is 5. The molecule has 1 N–H and O–H groups in total. The van der Waals surface area contributed by atoms with Crippen LogP contribution in [0.3, 0.4) is 0 Å². The number of aliphatic hydroxyl groups excluding tert-OH is 1. The van der Waals surface area contributed by atoms with Crippen LogP contribution >= 0.6 is 0 Å². The predicted octanol–water partition coefficient (Wildman–Crippen LogP) is 1.31. The van der Waals surface area contributed by atoms with Crippen LogP contribution in [-0.2, 0) is 13.0 Å². The fourth-order valence-corrected chi connectivity index (χ4v) is 1.80. The van der Waals surface area contributed by atoms with Crippen LogP contribution in [0.25, 0.3) is 0 Å². The van der Waals surface area contributed by atoms with Crippen molar-refractivity contribution in [3.63, 3.8) is 0 Å². The van der Waals surface area contributed by atoms with Crippen molar-refractivity contribution < 1.29 is 5.11 Å². The summed E-state index contributed by atoms with van der Waals surface area (Å²) in [5.41, 5.74) is 1.39. The van der Waals surface area contributed by atoms with Crippen molar-refractivity contribution in [2.45, 2.75) is 39.8 Å². The van der Waals surface area contributed by atoms with Crippen molar-refractivity contribution in [1.29, 1.82) is 0 Å². The number of aryl methyl sites for hydroxylation is 1. The van der Waals surface area contributed by atoms with Crippen LogP contribution in [0.2, 0.25) is 0 Å². The van der Waals surface area contributed by atoms with Gasteiger partial charge in [0.15, 0.2) is 0 Å². The maximum atomic E-state index is 10.2. The van der Waals surface area contributed by atoms with Crippen LogP contribution in [0.15, 0.2) is 18.7 Å². The molecule has 0 aliphatic carbocycles. The Hall–Kier alpha value is -1.82. The molecule has 2 rings (SSSR count). The Morgan fingerprint density at radius 1 is 1.21 bits per heavy atom. The highest BCUT2D eigenvalue weighted by Crippen LogP contribution is 2.14. The van der Waals surface area contributed by atoms with Gasteiger partial charge in [0.25, 0.3) is 0 Å². The second kappa shape index (κ2) is 5.88. The molecule has 2 heterocycles. The molecule has 0 aromatic carbocycles. The van der Waals surface area contributed by atoms with Crippen LogP contribution in [0.4, 0.5) is 0 Å². The first kappa shape index (κ1) is 13.6. The molecule has 0 radical (unpaired) electrons. The molecular formula is C13H19N5O. The summed E-state index contributed by atoms with van der Waals surface area (Å²) < 4.78 is 1.83. The van der Waals surface area contributed by atoms with E-state index in [0.717, 1.165) is 18.1 Å². The van der Waals surface area contributed by atoms with Gasteiger partial charge in [0.1, 0.15) is 18.3 Å². The van der Waals surface area contributed by atoms with E-state index >= 15 is 0 Å². The minimum absolute atomic E-state index is 0.393. The number of aromatic nitrogens is 5. The molecule has 0 aliphatic heterocycles. The molecule has 6 nitrogen and oxygen atoms in total. The number of hydrogen-bond donors (Lipinski definition) is 1. The van der Waals surface area contributed by atoms with E-state index in [1.54, 1.807) is 12.4 Å². The summed E-state index contributed by atoms with van der Waals surface area (Å²) >= 11 is 0. The van der Waals surface area contributed by atoms with E-state index in [9.17, 15) is 5.11 Å². The van der Waals surface area contributed by atoms with Crippen molar-refractivity contribution in [2.75, 3.05) is 0 Å². The lowest BCUT2D eigenvalue weighted by atomic mass is 10.1. The van der Waals surface area contributed by atoms with Crippen LogP contribution < -0.4 is 0 Å². The molecule has 0 spiro atoms. The predicted molar refractivity (Wildman–Crippen MR) is 70.3 cm³/mol. The largest absolute Gasteiger partial charge is 0.386 e. The second-order valence-electron chi connectivity index (χ2n) is 5.05. The average Bonchev–Trinajstić information content (AvgIpc) is 2.76. The van der Waals surface area contributed by atoms with Crippen LogP contribution in [0.5, 0.6) is 0 Å². The summed E-state index contributed by atoms with van der Waals surface area (Å²) in [6.45, 7) is 6.89. The van der Waals surface area contributed by atoms with E-state index in [2.05, 4.69) is 33.9 Å². The minimum Gasteiger partial charge on any atom is -0.386 e. The molecule has 0 bridgehead atoms. The summed E-state index contributed by atoms with van der Waals surface area (Å²) in [5.74, 6) is 1.25. The Balaban J connectivity index is 2.08. The zero-order chi connectivity index (χ0) is 13.8. The van der Waals surface area contributed by atoms with E-state index in [-0.39, 0.29) is 0 Å². The van der Waals surface area contributed by atoms with Crippen LogP contribution in [0.1, 0.15) is 37.2 Å². The summed E-state index contributed by atoms with van der Waals surface area (Å²) in [6.07, 6.45) is 4.46. The molecular weight excluding hydrogens is 242 g/mol. The summed E-state index contributed by atoms with van der Waals surface area (Å²) in [6, 6.07) is 0.